The summed E-state index contributed by atoms with van der Waals surface area (Å²) in [6.07, 6.45) is 0. The molecule has 1 unspecified atom stereocenters. The van der Waals surface area contributed by atoms with Crippen molar-refractivity contribution in [3.8, 4) is 0 Å². The third kappa shape index (κ3) is 3.53. The molecule has 0 heterocycles. The first kappa shape index (κ1) is 14.6. The third-order valence-electron chi connectivity index (χ3n) is 2.98. The highest BCUT2D eigenvalue weighted by Gasteiger charge is 2.22. The predicted molar refractivity (Wildman–Crippen MR) is 70.3 cm³/mol. The first-order valence-corrected chi connectivity index (χ1v) is 6.21. The summed E-state index contributed by atoms with van der Waals surface area (Å²) in [5.74, 6) is -0.550. The van der Waals surface area contributed by atoms with Crippen LogP contribution in [0.3, 0.4) is 0 Å². The molecule has 1 atom stereocenters. The number of halogens is 1. The molecule has 0 bridgehead atoms. The van der Waals surface area contributed by atoms with Crippen LogP contribution in [0.15, 0.2) is 24.3 Å². The van der Waals surface area contributed by atoms with Gasteiger partial charge in [0.25, 0.3) is 0 Å². The van der Waals surface area contributed by atoms with Gasteiger partial charge in [-0.15, -0.1) is 0 Å². The maximum atomic E-state index is 13.6. The van der Waals surface area contributed by atoms with E-state index in [-0.39, 0.29) is 30.2 Å². The average Bonchev–Trinajstić information content (AvgIpc) is 2.35. The summed E-state index contributed by atoms with van der Waals surface area (Å²) in [5, 5.41) is 0. The fourth-order valence-corrected chi connectivity index (χ4v) is 1.71. The van der Waals surface area contributed by atoms with Gasteiger partial charge in [-0.2, -0.15) is 0 Å². The van der Waals surface area contributed by atoms with Crippen molar-refractivity contribution < 1.29 is 9.18 Å². The van der Waals surface area contributed by atoms with Crippen LogP contribution in [0.1, 0.15) is 26.3 Å². The molecule has 0 aliphatic carbocycles. The summed E-state index contributed by atoms with van der Waals surface area (Å²) in [5.41, 5.74) is 6.04. The Morgan fingerprint density at radius 2 is 1.94 bits per heavy atom. The van der Waals surface area contributed by atoms with E-state index in [1.54, 1.807) is 30.0 Å². The lowest BCUT2D eigenvalue weighted by atomic mass is 10.1. The van der Waals surface area contributed by atoms with E-state index < -0.39 is 0 Å². The van der Waals surface area contributed by atoms with Crippen molar-refractivity contribution in [1.29, 1.82) is 0 Å². The number of rotatable bonds is 5. The van der Waals surface area contributed by atoms with Crippen LogP contribution in [0.4, 0.5) is 4.39 Å². The molecule has 4 heteroatoms. The predicted octanol–water partition coefficient (Wildman–Crippen LogP) is 2.16. The van der Waals surface area contributed by atoms with E-state index in [0.29, 0.717) is 12.1 Å². The van der Waals surface area contributed by atoms with Gasteiger partial charge in [0.2, 0.25) is 5.91 Å². The smallest absolute Gasteiger partial charge is 0.227 e. The van der Waals surface area contributed by atoms with Gasteiger partial charge in [-0.3, -0.25) is 4.79 Å². The van der Waals surface area contributed by atoms with Crippen molar-refractivity contribution in [3.63, 3.8) is 0 Å². The molecule has 0 fully saturated rings. The van der Waals surface area contributed by atoms with E-state index in [4.69, 9.17) is 5.73 Å². The summed E-state index contributed by atoms with van der Waals surface area (Å²) in [6, 6.07) is 6.54. The van der Waals surface area contributed by atoms with Crippen molar-refractivity contribution in [2.24, 2.45) is 11.7 Å². The molecule has 0 aromatic heterocycles. The second-order valence-electron chi connectivity index (χ2n) is 4.79. The van der Waals surface area contributed by atoms with Gasteiger partial charge in [0.15, 0.2) is 0 Å². The Morgan fingerprint density at radius 1 is 1.33 bits per heavy atom. The van der Waals surface area contributed by atoms with E-state index in [9.17, 15) is 9.18 Å². The normalized spacial score (nSPS) is 12.6. The van der Waals surface area contributed by atoms with Gasteiger partial charge < -0.3 is 10.6 Å². The van der Waals surface area contributed by atoms with Gasteiger partial charge in [0, 0.05) is 30.6 Å². The molecule has 3 nitrogen and oxygen atoms in total. The molecule has 0 aliphatic heterocycles. The Balaban J connectivity index is 2.88. The van der Waals surface area contributed by atoms with E-state index in [2.05, 4.69) is 0 Å². The van der Waals surface area contributed by atoms with E-state index in [1.165, 1.54) is 6.07 Å². The second-order valence-corrected chi connectivity index (χ2v) is 4.79. The zero-order valence-corrected chi connectivity index (χ0v) is 11.2. The highest BCUT2D eigenvalue weighted by molar-refractivity contribution is 5.79. The minimum Gasteiger partial charge on any atom is -0.336 e. The summed E-state index contributed by atoms with van der Waals surface area (Å²) >= 11 is 0. The molecule has 100 valence electrons. The summed E-state index contributed by atoms with van der Waals surface area (Å²) in [4.78, 5) is 13.8. The standard InChI is InChI=1S/C14H21FN2O/c1-10(2)17(14(18)11(3)8-16)9-12-6-4-5-7-13(12)15/h4-7,10-11H,8-9,16H2,1-3H3. The monoisotopic (exact) mass is 252 g/mol. The largest absolute Gasteiger partial charge is 0.336 e. The van der Waals surface area contributed by atoms with E-state index in [0.717, 1.165) is 0 Å². The van der Waals surface area contributed by atoms with Crippen LogP contribution in [0.25, 0.3) is 0 Å². The number of hydrogen-bond acceptors (Lipinski definition) is 2. The Morgan fingerprint density at radius 3 is 2.44 bits per heavy atom. The van der Waals surface area contributed by atoms with Crippen molar-refractivity contribution >= 4 is 5.91 Å². The summed E-state index contributed by atoms with van der Waals surface area (Å²) in [7, 11) is 0. The lowest BCUT2D eigenvalue weighted by molar-refractivity contribution is -0.137. The Bertz CT molecular complexity index is 407. The van der Waals surface area contributed by atoms with Gasteiger partial charge in [-0.1, -0.05) is 25.1 Å². The average molecular weight is 252 g/mol. The van der Waals surface area contributed by atoms with Gasteiger partial charge in [0.1, 0.15) is 5.82 Å². The molecule has 0 saturated heterocycles. The third-order valence-corrected chi connectivity index (χ3v) is 2.98. The fraction of sp³-hybridized carbons (Fsp3) is 0.500. The lowest BCUT2D eigenvalue weighted by Gasteiger charge is -2.29. The summed E-state index contributed by atoms with van der Waals surface area (Å²) in [6.45, 7) is 6.22. The Hall–Kier alpha value is -1.42. The van der Waals surface area contributed by atoms with Crippen LogP contribution in [-0.4, -0.2) is 23.4 Å². The molecule has 1 aromatic rings. The second kappa shape index (κ2) is 6.50. The molecule has 18 heavy (non-hydrogen) atoms. The molecular formula is C14H21FN2O. The lowest BCUT2D eigenvalue weighted by Crippen LogP contribution is -2.41. The zero-order chi connectivity index (χ0) is 13.7. The van der Waals surface area contributed by atoms with E-state index >= 15 is 0 Å². The van der Waals surface area contributed by atoms with Crippen LogP contribution < -0.4 is 5.73 Å². The SMILES string of the molecule is CC(CN)C(=O)N(Cc1ccccc1F)C(C)C. The van der Waals surface area contributed by atoms with Crippen LogP contribution in [0.2, 0.25) is 0 Å². The minimum absolute atomic E-state index is 0.0195. The first-order valence-electron chi connectivity index (χ1n) is 6.21. The Labute approximate surface area is 108 Å². The number of carbonyl (C=O) groups is 1. The molecule has 0 spiro atoms. The molecule has 0 saturated carbocycles. The highest BCUT2D eigenvalue weighted by Crippen LogP contribution is 2.14. The zero-order valence-electron chi connectivity index (χ0n) is 11.2. The number of carbonyl (C=O) groups excluding carboxylic acids is 1. The minimum atomic E-state index is -0.281. The molecule has 0 aliphatic rings. The molecular weight excluding hydrogens is 231 g/mol. The Kier molecular flexibility index (Phi) is 5.28. The van der Waals surface area contributed by atoms with Crippen molar-refractivity contribution in [2.45, 2.75) is 33.4 Å². The van der Waals surface area contributed by atoms with Crippen LogP contribution in [0.5, 0.6) is 0 Å². The first-order chi connectivity index (χ1) is 8.47. The number of nitrogens with two attached hydrogens (primary N) is 1. The van der Waals surface area contributed by atoms with Crippen LogP contribution in [-0.2, 0) is 11.3 Å². The number of hydrogen-bond donors (Lipinski definition) is 1. The quantitative estimate of drug-likeness (QED) is 0.873. The van der Waals surface area contributed by atoms with Gasteiger partial charge in [0.05, 0.1) is 0 Å². The molecule has 1 aromatic carbocycles. The highest BCUT2D eigenvalue weighted by atomic mass is 19.1. The van der Waals surface area contributed by atoms with Crippen molar-refractivity contribution in [3.05, 3.63) is 35.6 Å². The maximum Gasteiger partial charge on any atom is 0.227 e. The number of benzene rings is 1. The molecule has 1 rings (SSSR count). The van der Waals surface area contributed by atoms with Crippen LogP contribution in [0, 0.1) is 11.7 Å². The topological polar surface area (TPSA) is 46.3 Å². The van der Waals surface area contributed by atoms with Gasteiger partial charge in [-0.05, 0) is 19.9 Å². The van der Waals surface area contributed by atoms with Crippen molar-refractivity contribution in [1.82, 2.24) is 4.90 Å². The molecule has 0 radical (unpaired) electrons. The van der Waals surface area contributed by atoms with E-state index in [1.807, 2.05) is 13.8 Å². The van der Waals surface area contributed by atoms with Gasteiger partial charge in [-0.25, -0.2) is 4.39 Å². The molecule has 1 amide bonds. The van der Waals surface area contributed by atoms with Crippen LogP contribution >= 0.6 is 0 Å². The fourth-order valence-electron chi connectivity index (χ4n) is 1.71. The van der Waals surface area contributed by atoms with Crippen molar-refractivity contribution in [2.75, 3.05) is 6.54 Å². The number of amides is 1. The maximum absolute atomic E-state index is 13.6. The summed E-state index contributed by atoms with van der Waals surface area (Å²) < 4.78 is 13.6. The number of nitrogens with zero attached hydrogens (tertiary/aromatic N) is 1. The molecule has 2 N–H and O–H groups in total. The van der Waals surface area contributed by atoms with Gasteiger partial charge >= 0.3 is 0 Å².